The third-order valence-corrected chi connectivity index (χ3v) is 3.94. The molecular formula is C16H15BrClN3O3. The van der Waals surface area contributed by atoms with Gasteiger partial charge >= 0.3 is 0 Å². The first kappa shape index (κ1) is 18.2. The summed E-state index contributed by atoms with van der Waals surface area (Å²) in [6, 6.07) is 6.72. The highest BCUT2D eigenvalue weighted by Crippen LogP contribution is 2.32. The fourth-order valence-corrected chi connectivity index (χ4v) is 2.48. The van der Waals surface area contributed by atoms with Crippen LogP contribution in [0.25, 0.3) is 0 Å². The molecule has 0 spiro atoms. The third-order valence-electron chi connectivity index (χ3n) is 2.96. The molecule has 1 heterocycles. The number of ether oxygens (including phenoxy) is 2. The van der Waals surface area contributed by atoms with E-state index in [0.717, 1.165) is 4.47 Å². The summed E-state index contributed by atoms with van der Waals surface area (Å²) in [5.41, 5.74) is 3.37. The first-order valence-electron chi connectivity index (χ1n) is 7.01. The zero-order chi connectivity index (χ0) is 17.5. The lowest BCUT2D eigenvalue weighted by atomic mass is 10.2. The van der Waals surface area contributed by atoms with E-state index in [1.807, 2.05) is 6.92 Å². The van der Waals surface area contributed by atoms with Crippen molar-refractivity contribution < 1.29 is 14.3 Å². The molecule has 0 radical (unpaired) electrons. The Morgan fingerprint density at radius 3 is 2.92 bits per heavy atom. The second-order valence-electron chi connectivity index (χ2n) is 4.50. The van der Waals surface area contributed by atoms with Gasteiger partial charge in [-0.25, -0.2) is 10.4 Å². The molecule has 8 heteroatoms. The molecule has 2 aromatic rings. The van der Waals surface area contributed by atoms with Gasteiger partial charge in [0.15, 0.2) is 11.5 Å². The van der Waals surface area contributed by atoms with Crippen LogP contribution in [0.15, 0.2) is 40.0 Å². The van der Waals surface area contributed by atoms with E-state index in [2.05, 4.69) is 31.4 Å². The van der Waals surface area contributed by atoms with Gasteiger partial charge in [0.25, 0.3) is 5.91 Å². The molecule has 0 unspecified atom stereocenters. The Morgan fingerprint density at radius 2 is 2.25 bits per heavy atom. The van der Waals surface area contributed by atoms with Crippen molar-refractivity contribution in [3.8, 4) is 11.5 Å². The summed E-state index contributed by atoms with van der Waals surface area (Å²) < 4.78 is 11.5. The summed E-state index contributed by atoms with van der Waals surface area (Å²) in [5.74, 6) is 0.747. The van der Waals surface area contributed by atoms with Crippen molar-refractivity contribution in [2.45, 2.75) is 6.92 Å². The average molecular weight is 413 g/mol. The minimum atomic E-state index is -0.446. The number of hydrogen-bond acceptors (Lipinski definition) is 5. The molecule has 1 aromatic heterocycles. The van der Waals surface area contributed by atoms with E-state index in [4.69, 9.17) is 21.1 Å². The van der Waals surface area contributed by atoms with Crippen LogP contribution in [0.4, 0.5) is 0 Å². The number of nitrogens with zero attached hydrogens (tertiary/aromatic N) is 2. The Labute approximate surface area is 153 Å². The van der Waals surface area contributed by atoms with Crippen LogP contribution < -0.4 is 14.9 Å². The molecule has 0 atom stereocenters. The number of nitrogens with one attached hydrogen (secondary N) is 1. The van der Waals surface area contributed by atoms with Gasteiger partial charge in [0.2, 0.25) is 0 Å². The monoisotopic (exact) mass is 411 g/mol. The molecule has 1 amide bonds. The Kier molecular flexibility index (Phi) is 6.57. The van der Waals surface area contributed by atoms with Gasteiger partial charge in [-0.15, -0.1) is 0 Å². The summed E-state index contributed by atoms with van der Waals surface area (Å²) in [6.45, 7) is 2.42. The predicted molar refractivity (Wildman–Crippen MR) is 96.2 cm³/mol. The Hall–Kier alpha value is -2.12. The number of halogens is 2. The summed E-state index contributed by atoms with van der Waals surface area (Å²) in [7, 11) is 1.55. The molecule has 6 nitrogen and oxygen atoms in total. The highest BCUT2D eigenvalue weighted by Gasteiger charge is 2.11. The Bertz CT molecular complexity index is 768. The molecule has 0 aliphatic heterocycles. The highest BCUT2D eigenvalue weighted by molar-refractivity contribution is 9.10. The van der Waals surface area contributed by atoms with Crippen LogP contribution in [0.5, 0.6) is 11.5 Å². The van der Waals surface area contributed by atoms with Crippen LogP contribution in [-0.2, 0) is 0 Å². The van der Waals surface area contributed by atoms with Gasteiger partial charge < -0.3 is 9.47 Å². The standard InChI is InChI=1S/C16H15BrClN3O3/c1-3-24-14-8-12(17)10(7-13(14)23-2)9-20-21-16(22)11-5-4-6-19-15(11)18/h4-9H,3H2,1-2H3,(H,21,22). The molecule has 0 saturated carbocycles. The molecule has 24 heavy (non-hydrogen) atoms. The molecule has 126 valence electrons. The van der Waals surface area contributed by atoms with Gasteiger partial charge in [0.05, 0.1) is 25.5 Å². The van der Waals surface area contributed by atoms with Crippen molar-refractivity contribution in [3.63, 3.8) is 0 Å². The van der Waals surface area contributed by atoms with E-state index < -0.39 is 5.91 Å². The van der Waals surface area contributed by atoms with Crippen LogP contribution in [-0.4, -0.2) is 30.8 Å². The quantitative estimate of drug-likeness (QED) is 0.446. The first-order valence-corrected chi connectivity index (χ1v) is 8.18. The molecule has 2 rings (SSSR count). The normalized spacial score (nSPS) is 10.7. The number of carbonyl (C=O) groups is 1. The molecule has 1 aromatic carbocycles. The maximum absolute atomic E-state index is 12.0. The van der Waals surface area contributed by atoms with Gasteiger partial charge in [-0.3, -0.25) is 4.79 Å². The van der Waals surface area contributed by atoms with Gasteiger partial charge in [0.1, 0.15) is 5.15 Å². The number of amides is 1. The number of pyridine rings is 1. The number of benzene rings is 1. The molecule has 1 N–H and O–H groups in total. The number of hydrogen-bond donors (Lipinski definition) is 1. The zero-order valence-corrected chi connectivity index (χ0v) is 15.4. The van der Waals surface area contributed by atoms with Crippen LogP contribution in [0.1, 0.15) is 22.8 Å². The Balaban J connectivity index is 2.14. The van der Waals surface area contributed by atoms with Crippen molar-refractivity contribution in [1.82, 2.24) is 10.4 Å². The van der Waals surface area contributed by atoms with E-state index in [9.17, 15) is 4.79 Å². The second-order valence-corrected chi connectivity index (χ2v) is 5.71. The largest absolute Gasteiger partial charge is 0.493 e. The van der Waals surface area contributed by atoms with Crippen molar-refractivity contribution in [1.29, 1.82) is 0 Å². The van der Waals surface area contributed by atoms with Crippen molar-refractivity contribution >= 4 is 39.7 Å². The fourth-order valence-electron chi connectivity index (χ4n) is 1.85. The molecule has 0 fully saturated rings. The maximum atomic E-state index is 12.0. The maximum Gasteiger partial charge on any atom is 0.274 e. The lowest BCUT2D eigenvalue weighted by molar-refractivity contribution is 0.0955. The average Bonchev–Trinajstić information content (AvgIpc) is 2.57. The van der Waals surface area contributed by atoms with Gasteiger partial charge in [0, 0.05) is 16.2 Å². The second kappa shape index (κ2) is 8.65. The van der Waals surface area contributed by atoms with Gasteiger partial charge in [-0.1, -0.05) is 11.6 Å². The summed E-state index contributed by atoms with van der Waals surface area (Å²) >= 11 is 9.30. The van der Waals surface area contributed by atoms with E-state index >= 15 is 0 Å². The lowest BCUT2D eigenvalue weighted by Gasteiger charge is -2.11. The Morgan fingerprint density at radius 1 is 1.46 bits per heavy atom. The van der Waals surface area contributed by atoms with Gasteiger partial charge in [-0.05, 0) is 47.1 Å². The van der Waals surface area contributed by atoms with Crippen molar-refractivity contribution in [3.05, 3.63) is 51.2 Å². The third kappa shape index (κ3) is 4.46. The molecule has 0 bridgehead atoms. The summed E-state index contributed by atoms with van der Waals surface area (Å²) in [5, 5.41) is 4.05. The van der Waals surface area contributed by atoms with E-state index in [1.54, 1.807) is 31.4 Å². The number of rotatable bonds is 6. The predicted octanol–water partition coefficient (Wildman–Crippen LogP) is 3.67. The topological polar surface area (TPSA) is 72.8 Å². The molecule has 0 aliphatic rings. The highest BCUT2D eigenvalue weighted by atomic mass is 79.9. The van der Waals surface area contributed by atoms with E-state index in [1.165, 1.54) is 12.4 Å². The fraction of sp³-hybridized carbons (Fsp3) is 0.188. The van der Waals surface area contributed by atoms with Crippen LogP contribution in [0, 0.1) is 0 Å². The van der Waals surface area contributed by atoms with Crippen LogP contribution >= 0.6 is 27.5 Å². The number of methoxy groups -OCH3 is 1. The minimum absolute atomic E-state index is 0.120. The smallest absolute Gasteiger partial charge is 0.274 e. The number of aromatic nitrogens is 1. The van der Waals surface area contributed by atoms with Gasteiger partial charge in [-0.2, -0.15) is 5.10 Å². The van der Waals surface area contributed by atoms with E-state index in [0.29, 0.717) is 23.7 Å². The summed E-state index contributed by atoms with van der Waals surface area (Å²) in [4.78, 5) is 15.8. The minimum Gasteiger partial charge on any atom is -0.493 e. The van der Waals surface area contributed by atoms with Crippen LogP contribution in [0.2, 0.25) is 5.15 Å². The van der Waals surface area contributed by atoms with Crippen molar-refractivity contribution in [2.24, 2.45) is 5.10 Å². The number of hydrazone groups is 1. The SMILES string of the molecule is CCOc1cc(Br)c(C=NNC(=O)c2cccnc2Cl)cc1OC. The van der Waals surface area contributed by atoms with Crippen molar-refractivity contribution in [2.75, 3.05) is 13.7 Å². The molecular weight excluding hydrogens is 398 g/mol. The van der Waals surface area contributed by atoms with E-state index in [-0.39, 0.29) is 10.7 Å². The molecule has 0 aliphatic carbocycles. The lowest BCUT2D eigenvalue weighted by Crippen LogP contribution is -2.18. The molecule has 0 saturated heterocycles. The zero-order valence-electron chi connectivity index (χ0n) is 13.0. The number of carbonyl (C=O) groups excluding carboxylic acids is 1. The first-order chi connectivity index (χ1) is 11.6. The van der Waals surface area contributed by atoms with Crippen LogP contribution in [0.3, 0.4) is 0 Å². The summed E-state index contributed by atoms with van der Waals surface area (Å²) in [6.07, 6.45) is 3.00.